The number of anilines is 1. The predicted octanol–water partition coefficient (Wildman–Crippen LogP) is 3.86. The molecule has 2 N–H and O–H groups in total. The fourth-order valence-electron chi connectivity index (χ4n) is 2.76. The van der Waals surface area contributed by atoms with Crippen molar-refractivity contribution >= 4 is 52.7 Å². The van der Waals surface area contributed by atoms with Gasteiger partial charge < -0.3 is 19.9 Å². The zero-order valence-corrected chi connectivity index (χ0v) is 18.7. The first-order valence-corrected chi connectivity index (χ1v) is 10.4. The van der Waals surface area contributed by atoms with Gasteiger partial charge in [-0.15, -0.1) is 0 Å². The highest BCUT2D eigenvalue weighted by molar-refractivity contribution is 6.34. The molecule has 3 aromatic rings. The second kappa shape index (κ2) is 11.3. The topological polar surface area (TPSA) is 132 Å². The van der Waals surface area contributed by atoms with Gasteiger partial charge >= 0.3 is 17.9 Å². The van der Waals surface area contributed by atoms with E-state index in [0.29, 0.717) is 0 Å². The first-order valence-electron chi connectivity index (χ1n) is 9.62. The Balaban J connectivity index is 1.93. The third-order valence-corrected chi connectivity index (χ3v) is 5.02. The Kier molecular flexibility index (Phi) is 8.18. The minimum Gasteiger partial charge on any atom is -0.478 e. The number of hydrogen-bond acceptors (Lipinski definition) is 7. The maximum atomic E-state index is 13.0. The molecule has 0 radical (unpaired) electrons. The van der Waals surface area contributed by atoms with Crippen molar-refractivity contribution in [1.82, 2.24) is 4.98 Å². The van der Waals surface area contributed by atoms with E-state index in [4.69, 9.17) is 32.7 Å². The number of aromatic nitrogens is 1. The van der Waals surface area contributed by atoms with Crippen molar-refractivity contribution in [2.45, 2.75) is 12.2 Å². The van der Waals surface area contributed by atoms with E-state index in [2.05, 4.69) is 10.3 Å². The lowest BCUT2D eigenvalue weighted by atomic mass is 10.1. The Bertz CT molecular complexity index is 1220. The van der Waals surface area contributed by atoms with Crippen LogP contribution in [0.4, 0.5) is 5.69 Å². The molecule has 9 nitrogen and oxygen atoms in total. The first-order chi connectivity index (χ1) is 16.3. The summed E-state index contributed by atoms with van der Waals surface area (Å²) in [5.74, 6) is -5.05. The van der Waals surface area contributed by atoms with Gasteiger partial charge in [-0.2, -0.15) is 0 Å². The molecule has 0 saturated carbocycles. The standard InChI is InChI=1S/C23H16Cl2N2O7/c24-16-9-3-1-7-14(16)22(31)33-18(20(28)27-13-6-5-11-26-12-13)19(21(29)30)34-23(32)15-8-2-4-10-17(15)25/h1-12,18-19H,(H,27,28)(H,29,30)/t18-,19-/m0/s1. The molecule has 1 amide bonds. The number of esters is 2. The summed E-state index contributed by atoms with van der Waals surface area (Å²) in [5, 5.41) is 12.1. The lowest BCUT2D eigenvalue weighted by molar-refractivity contribution is -0.157. The molecule has 0 aliphatic rings. The minimum atomic E-state index is -2.22. The van der Waals surface area contributed by atoms with Gasteiger partial charge in [0, 0.05) is 6.20 Å². The van der Waals surface area contributed by atoms with E-state index < -0.39 is 36.0 Å². The quantitative estimate of drug-likeness (QED) is 0.443. The summed E-state index contributed by atoms with van der Waals surface area (Å²) in [7, 11) is 0. The maximum Gasteiger partial charge on any atom is 0.349 e. The monoisotopic (exact) mass is 502 g/mol. The second-order valence-corrected chi connectivity index (χ2v) is 7.50. The van der Waals surface area contributed by atoms with E-state index in [1.54, 1.807) is 12.1 Å². The van der Waals surface area contributed by atoms with Crippen molar-refractivity contribution in [3.8, 4) is 0 Å². The van der Waals surface area contributed by atoms with E-state index in [0.717, 1.165) is 0 Å². The van der Waals surface area contributed by atoms with Crippen LogP contribution in [0.1, 0.15) is 20.7 Å². The van der Waals surface area contributed by atoms with Gasteiger partial charge in [-0.1, -0.05) is 47.5 Å². The zero-order chi connectivity index (χ0) is 24.7. The number of hydrogen-bond donors (Lipinski definition) is 2. The zero-order valence-electron chi connectivity index (χ0n) is 17.2. The molecular formula is C23H16Cl2N2O7. The molecule has 2 atom stereocenters. The normalized spacial score (nSPS) is 12.2. The third kappa shape index (κ3) is 6.09. The first kappa shape index (κ1) is 24.7. The van der Waals surface area contributed by atoms with Gasteiger partial charge in [0.2, 0.25) is 12.2 Å². The summed E-state index contributed by atoms with van der Waals surface area (Å²) in [5.41, 5.74) is -0.0722. The van der Waals surface area contributed by atoms with Crippen molar-refractivity contribution in [3.63, 3.8) is 0 Å². The molecule has 174 valence electrons. The van der Waals surface area contributed by atoms with Crippen LogP contribution in [0.25, 0.3) is 0 Å². The average Bonchev–Trinajstić information content (AvgIpc) is 2.82. The molecule has 0 aliphatic heterocycles. The van der Waals surface area contributed by atoms with Crippen LogP contribution < -0.4 is 5.32 Å². The summed E-state index contributed by atoms with van der Waals surface area (Å²) in [6, 6.07) is 14.6. The SMILES string of the molecule is O=C(O[C@H](C(=O)O)[C@H](OC(=O)c1ccccc1Cl)C(=O)Nc1cccnc1)c1ccccc1Cl. The van der Waals surface area contributed by atoms with Gasteiger partial charge in [0.15, 0.2) is 0 Å². The Labute approximate surface area is 203 Å². The summed E-state index contributed by atoms with van der Waals surface area (Å²) in [6.45, 7) is 0. The summed E-state index contributed by atoms with van der Waals surface area (Å²) >= 11 is 12.0. The molecule has 0 fully saturated rings. The molecule has 34 heavy (non-hydrogen) atoms. The van der Waals surface area contributed by atoms with Crippen LogP contribution in [0.3, 0.4) is 0 Å². The Hall–Kier alpha value is -3.95. The van der Waals surface area contributed by atoms with Crippen LogP contribution in [0.15, 0.2) is 73.1 Å². The molecule has 1 aromatic heterocycles. The van der Waals surface area contributed by atoms with Crippen LogP contribution in [0.2, 0.25) is 10.0 Å². The molecule has 11 heteroatoms. The van der Waals surface area contributed by atoms with Crippen molar-refractivity contribution in [2.75, 3.05) is 5.32 Å². The lowest BCUT2D eigenvalue weighted by Crippen LogP contribution is -2.48. The van der Waals surface area contributed by atoms with E-state index in [1.165, 1.54) is 60.9 Å². The highest BCUT2D eigenvalue weighted by atomic mass is 35.5. The summed E-state index contributed by atoms with van der Waals surface area (Å²) in [4.78, 5) is 54.1. The highest BCUT2D eigenvalue weighted by Crippen LogP contribution is 2.21. The number of carbonyl (C=O) groups excluding carboxylic acids is 3. The molecule has 2 aromatic carbocycles. The Morgan fingerprint density at radius 1 is 0.794 bits per heavy atom. The van der Waals surface area contributed by atoms with Crippen LogP contribution >= 0.6 is 23.2 Å². The van der Waals surface area contributed by atoms with Crippen molar-refractivity contribution < 1.29 is 33.8 Å². The summed E-state index contributed by atoms with van der Waals surface area (Å²) < 4.78 is 10.3. The highest BCUT2D eigenvalue weighted by Gasteiger charge is 2.41. The van der Waals surface area contributed by atoms with E-state index in [1.807, 2.05) is 0 Å². The molecule has 0 spiro atoms. The number of rotatable bonds is 8. The number of pyridine rings is 1. The molecule has 0 aliphatic carbocycles. The van der Waals surface area contributed by atoms with Crippen LogP contribution in [-0.2, 0) is 19.1 Å². The number of halogens is 2. The van der Waals surface area contributed by atoms with Crippen LogP contribution in [-0.4, -0.2) is 46.1 Å². The van der Waals surface area contributed by atoms with Crippen LogP contribution in [0, 0.1) is 0 Å². The number of carboxylic acid groups (broad SMARTS) is 1. The fraction of sp³-hybridized carbons (Fsp3) is 0.0870. The number of carbonyl (C=O) groups is 4. The number of nitrogens with zero attached hydrogens (tertiary/aromatic N) is 1. The van der Waals surface area contributed by atoms with E-state index >= 15 is 0 Å². The number of nitrogens with one attached hydrogen (secondary N) is 1. The predicted molar refractivity (Wildman–Crippen MR) is 122 cm³/mol. The number of ether oxygens (including phenoxy) is 2. The second-order valence-electron chi connectivity index (χ2n) is 6.68. The fourth-order valence-corrected chi connectivity index (χ4v) is 3.18. The largest absolute Gasteiger partial charge is 0.478 e. The molecule has 0 bridgehead atoms. The van der Waals surface area contributed by atoms with Gasteiger partial charge in [0.05, 0.1) is 33.1 Å². The van der Waals surface area contributed by atoms with Gasteiger partial charge in [-0.3, -0.25) is 9.78 Å². The van der Waals surface area contributed by atoms with Crippen molar-refractivity contribution in [3.05, 3.63) is 94.2 Å². The Morgan fingerprint density at radius 2 is 1.32 bits per heavy atom. The number of carboxylic acids is 1. The van der Waals surface area contributed by atoms with Gasteiger partial charge in [-0.05, 0) is 36.4 Å². The maximum absolute atomic E-state index is 13.0. The number of amides is 1. The van der Waals surface area contributed by atoms with Gasteiger partial charge in [-0.25, -0.2) is 14.4 Å². The van der Waals surface area contributed by atoms with Crippen molar-refractivity contribution in [2.24, 2.45) is 0 Å². The number of benzene rings is 2. The molecule has 1 heterocycles. The smallest absolute Gasteiger partial charge is 0.349 e. The molecular weight excluding hydrogens is 487 g/mol. The van der Waals surface area contributed by atoms with Crippen LogP contribution in [0.5, 0.6) is 0 Å². The van der Waals surface area contributed by atoms with Gasteiger partial charge in [0.1, 0.15) is 0 Å². The average molecular weight is 503 g/mol. The third-order valence-electron chi connectivity index (χ3n) is 4.36. The van der Waals surface area contributed by atoms with Crippen molar-refractivity contribution in [1.29, 1.82) is 0 Å². The summed E-state index contributed by atoms with van der Waals surface area (Å²) in [6.07, 6.45) is -1.56. The van der Waals surface area contributed by atoms with E-state index in [-0.39, 0.29) is 26.9 Å². The lowest BCUT2D eigenvalue weighted by Gasteiger charge is -2.23. The molecule has 3 rings (SSSR count). The van der Waals surface area contributed by atoms with E-state index in [9.17, 15) is 24.3 Å². The van der Waals surface area contributed by atoms with Gasteiger partial charge in [0.25, 0.3) is 5.91 Å². The molecule has 0 unspecified atom stereocenters. The number of aliphatic carboxylic acids is 1. The Morgan fingerprint density at radius 3 is 1.79 bits per heavy atom. The molecule has 0 saturated heterocycles. The minimum absolute atomic E-state index is 0.000984.